The van der Waals surface area contributed by atoms with Crippen LogP contribution in [0.15, 0.2) is 0 Å². The quantitative estimate of drug-likeness (QED) is 0.625. The second-order valence-corrected chi connectivity index (χ2v) is 2.91. The summed E-state index contributed by atoms with van der Waals surface area (Å²) in [6, 6.07) is 0. The van der Waals surface area contributed by atoms with Gasteiger partial charge in [-0.3, -0.25) is 4.79 Å². The van der Waals surface area contributed by atoms with Gasteiger partial charge in [-0.25, -0.2) is 0 Å². The minimum Gasteiger partial charge on any atom is -0.481 e. The molecule has 0 saturated heterocycles. The van der Waals surface area contributed by atoms with Crippen LogP contribution in [0.25, 0.3) is 0 Å². The molecule has 9 heavy (non-hydrogen) atoms. The predicted molar refractivity (Wildman–Crippen MR) is 34.1 cm³/mol. The smallest absolute Gasteiger partial charge is 0.303 e. The lowest BCUT2D eigenvalue weighted by Crippen LogP contribution is -1.94. The summed E-state index contributed by atoms with van der Waals surface area (Å²) in [6.45, 7) is 2.17. The van der Waals surface area contributed by atoms with Crippen molar-refractivity contribution in [3.05, 3.63) is 0 Å². The van der Waals surface area contributed by atoms with Crippen molar-refractivity contribution in [2.24, 2.45) is 11.8 Å². The minimum absolute atomic E-state index is 0.356. The van der Waals surface area contributed by atoms with E-state index in [4.69, 9.17) is 5.11 Å². The molecule has 2 atom stereocenters. The zero-order valence-electron chi connectivity index (χ0n) is 5.63. The lowest BCUT2D eigenvalue weighted by molar-refractivity contribution is -0.137. The van der Waals surface area contributed by atoms with Crippen LogP contribution in [-0.2, 0) is 4.79 Å². The number of aliphatic carboxylic acids is 1. The third-order valence-corrected chi connectivity index (χ3v) is 2.01. The number of carbonyl (C=O) groups is 1. The first-order valence-electron chi connectivity index (χ1n) is 3.42. The normalized spacial score (nSPS) is 32.1. The molecule has 2 unspecified atom stereocenters. The van der Waals surface area contributed by atoms with Crippen LogP contribution in [0.5, 0.6) is 0 Å². The van der Waals surface area contributed by atoms with Crippen LogP contribution < -0.4 is 0 Å². The Morgan fingerprint density at radius 1 is 1.78 bits per heavy atom. The van der Waals surface area contributed by atoms with Crippen LogP contribution >= 0.6 is 0 Å². The molecule has 1 rings (SSSR count). The molecule has 0 amide bonds. The standard InChI is InChI=1S/C7H12O2/c1-5-4-6(5)2-3-7(8)9/h5-6H,2-4H2,1H3,(H,8,9). The Kier molecular flexibility index (Phi) is 1.74. The van der Waals surface area contributed by atoms with Gasteiger partial charge in [-0.1, -0.05) is 6.92 Å². The van der Waals surface area contributed by atoms with E-state index in [1.54, 1.807) is 0 Å². The largest absolute Gasteiger partial charge is 0.481 e. The summed E-state index contributed by atoms with van der Waals surface area (Å²) < 4.78 is 0. The van der Waals surface area contributed by atoms with E-state index >= 15 is 0 Å². The van der Waals surface area contributed by atoms with Crippen molar-refractivity contribution in [3.63, 3.8) is 0 Å². The van der Waals surface area contributed by atoms with Gasteiger partial charge in [-0.05, 0) is 24.7 Å². The van der Waals surface area contributed by atoms with Gasteiger partial charge in [0.2, 0.25) is 0 Å². The highest BCUT2D eigenvalue weighted by atomic mass is 16.4. The zero-order valence-corrected chi connectivity index (χ0v) is 5.63. The van der Waals surface area contributed by atoms with Crippen LogP contribution in [0.3, 0.4) is 0 Å². The van der Waals surface area contributed by atoms with Crippen LogP contribution in [-0.4, -0.2) is 11.1 Å². The summed E-state index contributed by atoms with van der Waals surface area (Å²) in [7, 11) is 0. The molecule has 0 heterocycles. The van der Waals surface area contributed by atoms with Gasteiger partial charge >= 0.3 is 5.97 Å². The molecule has 1 aliphatic rings. The number of carboxylic acid groups (broad SMARTS) is 1. The third kappa shape index (κ3) is 2.04. The van der Waals surface area contributed by atoms with Crippen molar-refractivity contribution in [2.45, 2.75) is 26.2 Å². The summed E-state index contributed by atoms with van der Waals surface area (Å²) in [4.78, 5) is 10.0. The van der Waals surface area contributed by atoms with Crippen molar-refractivity contribution < 1.29 is 9.90 Å². The van der Waals surface area contributed by atoms with Gasteiger partial charge in [0, 0.05) is 6.42 Å². The fourth-order valence-corrected chi connectivity index (χ4v) is 1.11. The number of hydrogen-bond acceptors (Lipinski definition) is 1. The Balaban J connectivity index is 2.00. The lowest BCUT2D eigenvalue weighted by Gasteiger charge is -1.90. The SMILES string of the molecule is CC1CC1CCC(=O)O. The van der Waals surface area contributed by atoms with Crippen LogP contribution in [0.2, 0.25) is 0 Å². The van der Waals surface area contributed by atoms with Crippen LogP contribution in [0, 0.1) is 11.8 Å². The molecular weight excluding hydrogens is 116 g/mol. The molecule has 0 bridgehead atoms. The Hall–Kier alpha value is -0.530. The summed E-state index contributed by atoms with van der Waals surface area (Å²) in [5.41, 5.74) is 0. The molecule has 1 saturated carbocycles. The van der Waals surface area contributed by atoms with Crippen molar-refractivity contribution in [1.29, 1.82) is 0 Å². The van der Waals surface area contributed by atoms with Gasteiger partial charge < -0.3 is 5.11 Å². The summed E-state index contributed by atoms with van der Waals surface area (Å²) in [6.07, 6.45) is 2.48. The van der Waals surface area contributed by atoms with E-state index < -0.39 is 5.97 Å². The summed E-state index contributed by atoms with van der Waals surface area (Å²) >= 11 is 0. The second kappa shape index (κ2) is 2.38. The molecule has 0 aromatic heterocycles. The van der Waals surface area contributed by atoms with E-state index in [0.717, 1.165) is 18.3 Å². The molecular formula is C7H12O2. The highest BCUT2D eigenvalue weighted by Gasteiger charge is 2.31. The second-order valence-electron chi connectivity index (χ2n) is 2.91. The highest BCUT2D eigenvalue weighted by molar-refractivity contribution is 5.66. The first kappa shape index (κ1) is 6.59. The Labute approximate surface area is 54.9 Å². The maximum absolute atomic E-state index is 10.0. The van der Waals surface area contributed by atoms with E-state index in [2.05, 4.69) is 6.92 Å². The first-order valence-corrected chi connectivity index (χ1v) is 3.42. The number of hydrogen-bond donors (Lipinski definition) is 1. The highest BCUT2D eigenvalue weighted by Crippen LogP contribution is 2.41. The van der Waals surface area contributed by atoms with Gasteiger partial charge in [0.05, 0.1) is 0 Å². The predicted octanol–water partition coefficient (Wildman–Crippen LogP) is 1.51. The van der Waals surface area contributed by atoms with Gasteiger partial charge in [0.1, 0.15) is 0 Å². The molecule has 0 aromatic carbocycles. The molecule has 52 valence electrons. The average molecular weight is 128 g/mol. The van der Waals surface area contributed by atoms with Crippen molar-refractivity contribution >= 4 is 5.97 Å². The molecule has 1 N–H and O–H groups in total. The fourth-order valence-electron chi connectivity index (χ4n) is 1.11. The summed E-state index contributed by atoms with van der Waals surface area (Å²) in [5.74, 6) is 0.861. The first-order chi connectivity index (χ1) is 4.20. The molecule has 0 spiro atoms. The molecule has 2 heteroatoms. The molecule has 0 radical (unpaired) electrons. The molecule has 1 fully saturated rings. The van der Waals surface area contributed by atoms with Gasteiger partial charge in [-0.15, -0.1) is 0 Å². The van der Waals surface area contributed by atoms with E-state index in [0.29, 0.717) is 6.42 Å². The number of rotatable bonds is 3. The van der Waals surface area contributed by atoms with Gasteiger partial charge in [0.25, 0.3) is 0 Å². The average Bonchev–Trinajstić information content (AvgIpc) is 2.42. The lowest BCUT2D eigenvalue weighted by atomic mass is 10.2. The topological polar surface area (TPSA) is 37.3 Å². The zero-order chi connectivity index (χ0) is 6.85. The Morgan fingerprint density at radius 3 is 2.67 bits per heavy atom. The van der Waals surface area contributed by atoms with Crippen molar-refractivity contribution in [1.82, 2.24) is 0 Å². The molecule has 0 aliphatic heterocycles. The van der Waals surface area contributed by atoms with Crippen molar-refractivity contribution in [2.75, 3.05) is 0 Å². The third-order valence-electron chi connectivity index (χ3n) is 2.01. The maximum Gasteiger partial charge on any atom is 0.303 e. The molecule has 1 aliphatic carbocycles. The van der Waals surface area contributed by atoms with E-state index in [-0.39, 0.29) is 0 Å². The fraction of sp³-hybridized carbons (Fsp3) is 0.857. The monoisotopic (exact) mass is 128 g/mol. The maximum atomic E-state index is 10.0. The van der Waals surface area contributed by atoms with E-state index in [1.165, 1.54) is 6.42 Å². The molecule has 2 nitrogen and oxygen atoms in total. The van der Waals surface area contributed by atoms with E-state index in [9.17, 15) is 4.79 Å². The van der Waals surface area contributed by atoms with E-state index in [1.807, 2.05) is 0 Å². The Morgan fingerprint density at radius 2 is 2.33 bits per heavy atom. The van der Waals surface area contributed by atoms with Gasteiger partial charge in [0.15, 0.2) is 0 Å². The van der Waals surface area contributed by atoms with Crippen LogP contribution in [0.1, 0.15) is 26.2 Å². The van der Waals surface area contributed by atoms with Crippen LogP contribution in [0.4, 0.5) is 0 Å². The van der Waals surface area contributed by atoms with Crippen molar-refractivity contribution in [3.8, 4) is 0 Å². The molecule has 0 aromatic rings. The Bertz CT molecular complexity index is 120. The summed E-state index contributed by atoms with van der Waals surface area (Å²) in [5, 5.41) is 8.28. The number of carboxylic acids is 1. The van der Waals surface area contributed by atoms with Gasteiger partial charge in [-0.2, -0.15) is 0 Å². The minimum atomic E-state index is -0.658.